The predicted octanol–water partition coefficient (Wildman–Crippen LogP) is 1.68. The second-order valence-electron chi connectivity index (χ2n) is 5.76. The summed E-state index contributed by atoms with van der Waals surface area (Å²) in [6, 6.07) is 3.40. The van der Waals surface area contributed by atoms with Crippen molar-refractivity contribution in [2.45, 2.75) is 26.3 Å². The number of carbonyl (C=O) groups is 1. The number of thiophene rings is 1. The fraction of sp³-hybridized carbons (Fsp3) is 0.400. The Hall–Kier alpha value is -2.00. The van der Waals surface area contributed by atoms with Crippen LogP contribution in [-0.2, 0) is 9.84 Å². The molecule has 0 spiro atoms. The molecule has 0 bridgehead atoms. The smallest absolute Gasteiger partial charge is 0.266 e. The van der Waals surface area contributed by atoms with Crippen LogP contribution in [0.3, 0.4) is 0 Å². The number of nitrogens with one attached hydrogen (secondary N) is 1. The van der Waals surface area contributed by atoms with E-state index in [4.69, 9.17) is 0 Å². The molecule has 7 nitrogen and oxygen atoms in total. The van der Waals surface area contributed by atoms with Crippen molar-refractivity contribution in [3.8, 4) is 0 Å². The Morgan fingerprint density at radius 2 is 2.29 bits per heavy atom. The van der Waals surface area contributed by atoms with Crippen LogP contribution in [0.25, 0.3) is 0 Å². The minimum absolute atomic E-state index is 0.126. The lowest BCUT2D eigenvalue weighted by molar-refractivity contribution is 0.0959. The summed E-state index contributed by atoms with van der Waals surface area (Å²) in [5.41, 5.74) is 4.89. The topological polar surface area (TPSA) is 93.4 Å². The number of aryl methyl sites for hydroxylation is 1. The first-order valence-corrected chi connectivity index (χ1v) is 10.2. The molecule has 24 heavy (non-hydrogen) atoms. The number of sulfone groups is 1. The van der Waals surface area contributed by atoms with Crippen LogP contribution in [0.1, 0.15) is 39.1 Å². The lowest BCUT2D eigenvalue weighted by atomic mass is 10.2. The largest absolute Gasteiger partial charge is 0.281 e. The van der Waals surface area contributed by atoms with Gasteiger partial charge in [-0.1, -0.05) is 6.07 Å². The normalized spacial score (nSPS) is 19.8. The van der Waals surface area contributed by atoms with Gasteiger partial charge in [-0.05, 0) is 31.7 Å². The molecule has 3 rings (SSSR count). The molecule has 0 unspecified atom stereocenters. The van der Waals surface area contributed by atoms with Gasteiger partial charge in [-0.3, -0.25) is 9.48 Å². The molecule has 9 heteroatoms. The van der Waals surface area contributed by atoms with Crippen molar-refractivity contribution in [1.82, 2.24) is 15.2 Å². The van der Waals surface area contributed by atoms with E-state index in [1.165, 1.54) is 11.3 Å². The lowest BCUT2D eigenvalue weighted by Gasteiger charge is -2.10. The van der Waals surface area contributed by atoms with Crippen LogP contribution in [-0.4, -0.2) is 41.8 Å². The number of carbonyl (C=O) groups excluding carboxylic acids is 1. The summed E-state index contributed by atoms with van der Waals surface area (Å²) >= 11 is 1.35. The third kappa shape index (κ3) is 3.41. The van der Waals surface area contributed by atoms with E-state index >= 15 is 0 Å². The van der Waals surface area contributed by atoms with Crippen molar-refractivity contribution < 1.29 is 13.2 Å². The Balaban J connectivity index is 1.75. The number of nitrogens with zero attached hydrogens (tertiary/aromatic N) is 3. The minimum atomic E-state index is -2.97. The number of hydrogen-bond donors (Lipinski definition) is 1. The molecule has 1 aliphatic heterocycles. The average Bonchev–Trinajstić information content (AvgIpc) is 3.22. The van der Waals surface area contributed by atoms with Gasteiger partial charge in [0, 0.05) is 11.3 Å². The van der Waals surface area contributed by atoms with E-state index in [-0.39, 0.29) is 23.5 Å². The highest BCUT2D eigenvalue weighted by Crippen LogP contribution is 2.26. The van der Waals surface area contributed by atoms with Gasteiger partial charge in [-0.2, -0.15) is 10.2 Å². The lowest BCUT2D eigenvalue weighted by Crippen LogP contribution is -2.16. The van der Waals surface area contributed by atoms with Gasteiger partial charge in [0.25, 0.3) is 5.91 Å². The van der Waals surface area contributed by atoms with Crippen LogP contribution in [0.15, 0.2) is 22.6 Å². The molecule has 0 radical (unpaired) electrons. The Labute approximate surface area is 144 Å². The summed E-state index contributed by atoms with van der Waals surface area (Å²) < 4.78 is 25.1. The molecule has 1 amide bonds. The zero-order valence-electron chi connectivity index (χ0n) is 13.4. The monoisotopic (exact) mass is 366 g/mol. The molecule has 1 saturated heterocycles. The molecule has 3 heterocycles. The van der Waals surface area contributed by atoms with E-state index in [0.717, 1.165) is 17.0 Å². The van der Waals surface area contributed by atoms with Crippen molar-refractivity contribution in [3.63, 3.8) is 0 Å². The second kappa shape index (κ2) is 6.48. The third-order valence-corrected chi connectivity index (χ3v) is 6.66. The number of hydrogen-bond acceptors (Lipinski definition) is 6. The molecule has 1 fully saturated rings. The molecular weight excluding hydrogens is 348 g/mol. The molecule has 0 aliphatic carbocycles. The Bertz CT molecular complexity index is 882. The van der Waals surface area contributed by atoms with Crippen LogP contribution in [0.2, 0.25) is 0 Å². The van der Waals surface area contributed by atoms with Crippen molar-refractivity contribution >= 4 is 33.3 Å². The molecule has 2 aromatic rings. The van der Waals surface area contributed by atoms with E-state index < -0.39 is 9.84 Å². The first-order valence-electron chi connectivity index (χ1n) is 7.50. The van der Waals surface area contributed by atoms with Gasteiger partial charge in [0.15, 0.2) is 9.84 Å². The van der Waals surface area contributed by atoms with E-state index in [2.05, 4.69) is 15.6 Å². The quantitative estimate of drug-likeness (QED) is 0.658. The standard InChI is InChI=1S/C15H18N4O3S2/c1-10-13(8-16-17-15(20)14-4-3-6-23-14)11(2)19(18-10)12-5-7-24(21,22)9-12/h3-4,6,8,12H,5,7,9H2,1-2H3,(H,17,20)/b16-8-/t12-/m0/s1. The second-order valence-corrected chi connectivity index (χ2v) is 8.94. The van der Waals surface area contributed by atoms with Crippen molar-refractivity contribution in [3.05, 3.63) is 39.3 Å². The van der Waals surface area contributed by atoms with Crippen molar-refractivity contribution in [1.29, 1.82) is 0 Å². The Kier molecular flexibility index (Phi) is 4.55. The van der Waals surface area contributed by atoms with E-state index in [0.29, 0.717) is 11.3 Å². The highest BCUT2D eigenvalue weighted by Gasteiger charge is 2.31. The van der Waals surface area contributed by atoms with Gasteiger partial charge in [0.2, 0.25) is 0 Å². The highest BCUT2D eigenvalue weighted by molar-refractivity contribution is 7.91. The Morgan fingerprint density at radius 1 is 1.50 bits per heavy atom. The third-order valence-electron chi connectivity index (χ3n) is 4.04. The minimum Gasteiger partial charge on any atom is -0.266 e. The zero-order chi connectivity index (χ0) is 17.3. The van der Waals surface area contributed by atoms with Gasteiger partial charge in [-0.25, -0.2) is 13.8 Å². The molecule has 1 atom stereocenters. The highest BCUT2D eigenvalue weighted by atomic mass is 32.2. The summed E-state index contributed by atoms with van der Waals surface area (Å²) in [5.74, 6) is 0.0718. The molecule has 128 valence electrons. The first kappa shape index (κ1) is 16.8. The van der Waals surface area contributed by atoms with Crippen molar-refractivity contribution in [2.24, 2.45) is 5.10 Å². The van der Waals surface area contributed by atoms with E-state index in [1.54, 1.807) is 23.0 Å². The zero-order valence-corrected chi connectivity index (χ0v) is 15.0. The summed E-state index contributed by atoms with van der Waals surface area (Å²) in [5, 5.41) is 10.3. The predicted molar refractivity (Wildman–Crippen MR) is 93.4 cm³/mol. The van der Waals surface area contributed by atoms with Crippen LogP contribution >= 0.6 is 11.3 Å². The van der Waals surface area contributed by atoms with Gasteiger partial charge < -0.3 is 0 Å². The Morgan fingerprint density at radius 3 is 2.92 bits per heavy atom. The number of rotatable bonds is 4. The molecule has 0 aromatic carbocycles. The summed E-state index contributed by atoms with van der Waals surface area (Å²) in [6.07, 6.45) is 2.14. The maximum Gasteiger partial charge on any atom is 0.281 e. The SMILES string of the molecule is Cc1nn([C@H]2CCS(=O)(=O)C2)c(C)c1/C=N\NC(=O)c1cccs1. The molecule has 1 N–H and O–H groups in total. The number of amides is 1. The maximum atomic E-state index is 11.8. The van der Waals surface area contributed by atoms with Crippen LogP contribution in [0.4, 0.5) is 0 Å². The van der Waals surface area contributed by atoms with Crippen LogP contribution in [0.5, 0.6) is 0 Å². The summed E-state index contributed by atoms with van der Waals surface area (Å²) in [4.78, 5) is 12.4. The van der Waals surface area contributed by atoms with E-state index in [1.807, 2.05) is 19.2 Å². The number of hydrazone groups is 1. The molecule has 0 saturated carbocycles. The van der Waals surface area contributed by atoms with Gasteiger partial charge in [0.1, 0.15) is 0 Å². The van der Waals surface area contributed by atoms with Gasteiger partial charge in [-0.15, -0.1) is 11.3 Å². The summed E-state index contributed by atoms with van der Waals surface area (Å²) in [6.45, 7) is 3.72. The van der Waals surface area contributed by atoms with E-state index in [9.17, 15) is 13.2 Å². The maximum absolute atomic E-state index is 11.8. The van der Waals surface area contributed by atoms with Crippen molar-refractivity contribution in [2.75, 3.05) is 11.5 Å². The number of aromatic nitrogens is 2. The molecule has 2 aromatic heterocycles. The first-order chi connectivity index (χ1) is 11.4. The van der Waals surface area contributed by atoms with Gasteiger partial charge in [0.05, 0.1) is 34.3 Å². The fourth-order valence-electron chi connectivity index (χ4n) is 2.80. The summed E-state index contributed by atoms with van der Waals surface area (Å²) in [7, 11) is -2.97. The van der Waals surface area contributed by atoms with Crippen LogP contribution in [0, 0.1) is 13.8 Å². The average molecular weight is 366 g/mol. The van der Waals surface area contributed by atoms with Gasteiger partial charge >= 0.3 is 0 Å². The molecular formula is C15H18N4O3S2. The molecule has 1 aliphatic rings. The van der Waals surface area contributed by atoms with Crippen LogP contribution < -0.4 is 5.43 Å². The fourth-order valence-corrected chi connectivity index (χ4v) is 5.11.